The van der Waals surface area contributed by atoms with E-state index in [1.165, 1.54) is 7.11 Å². The smallest absolute Gasteiger partial charge is 0.338 e. The average molecular weight is 336 g/mol. The van der Waals surface area contributed by atoms with Gasteiger partial charge in [-0.2, -0.15) is 0 Å². The van der Waals surface area contributed by atoms with Gasteiger partial charge in [0.05, 0.1) is 19.3 Å². The average Bonchev–Trinajstić information content (AvgIpc) is 2.58. The van der Waals surface area contributed by atoms with Crippen LogP contribution in [0.4, 0.5) is 10.5 Å². The molecule has 1 aromatic rings. The number of nitrogens with one attached hydrogen (secondary N) is 2. The molecule has 132 valence electrons. The lowest BCUT2D eigenvalue weighted by atomic mass is 10.2. The Morgan fingerprint density at radius 1 is 1.04 bits per heavy atom. The van der Waals surface area contributed by atoms with Crippen molar-refractivity contribution in [1.82, 2.24) is 5.32 Å². The Bertz CT molecular complexity index is 542. The first kappa shape index (κ1) is 19.5. The molecule has 7 heteroatoms. The van der Waals surface area contributed by atoms with E-state index in [0.29, 0.717) is 30.8 Å². The summed E-state index contributed by atoms with van der Waals surface area (Å²) in [4.78, 5) is 34.2. The summed E-state index contributed by atoms with van der Waals surface area (Å²) in [6, 6.07) is 6.16. The van der Waals surface area contributed by atoms with Crippen LogP contribution in [0.25, 0.3) is 0 Å². The molecule has 2 N–H and O–H groups in total. The fraction of sp³-hybridized carbons (Fsp3) is 0.471. The van der Waals surface area contributed by atoms with Gasteiger partial charge in [-0.25, -0.2) is 9.59 Å². The number of unbranched alkanes of at least 4 members (excludes halogenated alkanes) is 2. The molecule has 0 unspecified atom stereocenters. The first-order chi connectivity index (χ1) is 11.6. The number of esters is 2. The van der Waals surface area contributed by atoms with Crippen LogP contribution in [0, 0.1) is 0 Å². The van der Waals surface area contributed by atoms with E-state index in [1.807, 2.05) is 0 Å². The van der Waals surface area contributed by atoms with E-state index in [2.05, 4.69) is 15.4 Å². The van der Waals surface area contributed by atoms with Crippen LogP contribution >= 0.6 is 0 Å². The zero-order chi connectivity index (χ0) is 17.8. The molecule has 7 nitrogen and oxygen atoms in total. The molecule has 0 radical (unpaired) electrons. The van der Waals surface area contributed by atoms with Crippen LogP contribution in [0.15, 0.2) is 24.3 Å². The highest BCUT2D eigenvalue weighted by atomic mass is 16.5. The summed E-state index contributed by atoms with van der Waals surface area (Å²) >= 11 is 0. The monoisotopic (exact) mass is 336 g/mol. The van der Waals surface area contributed by atoms with E-state index in [9.17, 15) is 14.4 Å². The number of rotatable bonds is 9. The quantitative estimate of drug-likeness (QED) is 0.534. The molecule has 1 rings (SSSR count). The minimum absolute atomic E-state index is 0.216. The predicted molar refractivity (Wildman–Crippen MR) is 89.9 cm³/mol. The normalized spacial score (nSPS) is 9.92. The van der Waals surface area contributed by atoms with Crippen molar-refractivity contribution in [3.63, 3.8) is 0 Å². The van der Waals surface area contributed by atoms with Gasteiger partial charge in [0.1, 0.15) is 0 Å². The highest BCUT2D eigenvalue weighted by molar-refractivity contribution is 5.92. The van der Waals surface area contributed by atoms with Gasteiger partial charge in [-0.1, -0.05) is 6.42 Å². The summed E-state index contributed by atoms with van der Waals surface area (Å²) in [5.41, 5.74) is 1.03. The molecule has 24 heavy (non-hydrogen) atoms. The van der Waals surface area contributed by atoms with Gasteiger partial charge in [0.2, 0.25) is 0 Å². The third-order valence-electron chi connectivity index (χ3n) is 3.22. The zero-order valence-electron chi connectivity index (χ0n) is 14.1. The maximum absolute atomic E-state index is 11.7. The van der Waals surface area contributed by atoms with Crippen LogP contribution < -0.4 is 10.6 Å². The molecule has 0 aliphatic rings. The Morgan fingerprint density at radius 2 is 1.75 bits per heavy atom. The van der Waals surface area contributed by atoms with Gasteiger partial charge < -0.3 is 20.1 Å². The van der Waals surface area contributed by atoms with E-state index >= 15 is 0 Å². The first-order valence-corrected chi connectivity index (χ1v) is 7.95. The lowest BCUT2D eigenvalue weighted by molar-refractivity contribution is -0.140. The molecule has 0 spiro atoms. The molecule has 0 atom stereocenters. The van der Waals surface area contributed by atoms with Gasteiger partial charge in [-0.05, 0) is 44.0 Å². The van der Waals surface area contributed by atoms with Crippen molar-refractivity contribution in [3.8, 4) is 0 Å². The summed E-state index contributed by atoms with van der Waals surface area (Å²) < 4.78 is 9.44. The van der Waals surface area contributed by atoms with Crippen molar-refractivity contribution in [2.45, 2.75) is 32.6 Å². The highest BCUT2D eigenvalue weighted by Crippen LogP contribution is 2.10. The number of ether oxygens (including phenoxy) is 2. The second-order valence-corrected chi connectivity index (χ2v) is 5.07. The fourth-order valence-electron chi connectivity index (χ4n) is 1.95. The number of hydrogen-bond donors (Lipinski definition) is 2. The second-order valence-electron chi connectivity index (χ2n) is 5.07. The minimum Gasteiger partial charge on any atom is -0.469 e. The number of carbonyl (C=O) groups excluding carboxylic acids is 3. The van der Waals surface area contributed by atoms with E-state index in [0.717, 1.165) is 19.3 Å². The van der Waals surface area contributed by atoms with Crippen molar-refractivity contribution in [2.24, 2.45) is 0 Å². The largest absolute Gasteiger partial charge is 0.469 e. The molecule has 2 amide bonds. The lowest BCUT2D eigenvalue weighted by Gasteiger charge is -2.08. The molecule has 0 aromatic heterocycles. The van der Waals surface area contributed by atoms with Crippen LogP contribution in [0.3, 0.4) is 0 Å². The minimum atomic E-state index is -0.388. The number of anilines is 1. The maximum atomic E-state index is 11.7. The first-order valence-electron chi connectivity index (χ1n) is 7.95. The lowest BCUT2D eigenvalue weighted by Crippen LogP contribution is -2.29. The Labute approximate surface area is 141 Å². The van der Waals surface area contributed by atoms with Gasteiger partial charge in [0, 0.05) is 18.7 Å². The standard InChI is InChI=1S/C17H24N2O5/c1-3-24-16(21)13-8-10-14(11-9-13)19-17(22)18-12-6-4-5-7-15(20)23-2/h8-11H,3-7,12H2,1-2H3,(H2,18,19,22). The summed E-state index contributed by atoms with van der Waals surface area (Å²) in [5.74, 6) is -0.604. The molecule has 0 fully saturated rings. The van der Waals surface area contributed by atoms with Crippen LogP contribution in [0.5, 0.6) is 0 Å². The number of carbonyl (C=O) groups is 3. The molecule has 0 saturated carbocycles. The number of amides is 2. The Kier molecular flexibility index (Phi) is 8.96. The van der Waals surface area contributed by atoms with E-state index in [1.54, 1.807) is 31.2 Å². The van der Waals surface area contributed by atoms with Gasteiger partial charge in [-0.3, -0.25) is 4.79 Å². The third kappa shape index (κ3) is 7.62. The van der Waals surface area contributed by atoms with Gasteiger partial charge >= 0.3 is 18.0 Å². The molecule has 0 bridgehead atoms. The van der Waals surface area contributed by atoms with Crippen molar-refractivity contribution in [2.75, 3.05) is 25.6 Å². The molecule has 0 aliphatic heterocycles. The Morgan fingerprint density at radius 3 is 2.38 bits per heavy atom. The molecule has 0 saturated heterocycles. The van der Waals surface area contributed by atoms with Gasteiger partial charge in [0.25, 0.3) is 0 Å². The maximum Gasteiger partial charge on any atom is 0.338 e. The topological polar surface area (TPSA) is 93.7 Å². The zero-order valence-corrected chi connectivity index (χ0v) is 14.1. The Hall–Kier alpha value is -2.57. The van der Waals surface area contributed by atoms with E-state index in [-0.39, 0.29) is 18.0 Å². The third-order valence-corrected chi connectivity index (χ3v) is 3.22. The summed E-state index contributed by atoms with van der Waals surface area (Å²) in [5, 5.41) is 5.42. The van der Waals surface area contributed by atoms with E-state index < -0.39 is 0 Å². The van der Waals surface area contributed by atoms with Crippen molar-refractivity contribution in [1.29, 1.82) is 0 Å². The second kappa shape index (κ2) is 11.0. The van der Waals surface area contributed by atoms with Crippen LogP contribution in [0.1, 0.15) is 43.0 Å². The molecular formula is C17H24N2O5. The number of hydrogen-bond acceptors (Lipinski definition) is 5. The summed E-state index contributed by atoms with van der Waals surface area (Å²) in [7, 11) is 1.37. The highest BCUT2D eigenvalue weighted by Gasteiger charge is 2.07. The molecule has 1 aromatic carbocycles. The van der Waals surface area contributed by atoms with Crippen LogP contribution in [-0.2, 0) is 14.3 Å². The predicted octanol–water partition coefficient (Wildman–Crippen LogP) is 2.72. The van der Waals surface area contributed by atoms with Crippen molar-refractivity contribution < 1.29 is 23.9 Å². The summed E-state index contributed by atoms with van der Waals surface area (Å²) in [6.07, 6.45) is 2.76. The van der Waals surface area contributed by atoms with Crippen molar-refractivity contribution in [3.05, 3.63) is 29.8 Å². The molecule has 0 heterocycles. The summed E-state index contributed by atoms with van der Waals surface area (Å²) in [6.45, 7) is 2.59. The SMILES string of the molecule is CCOC(=O)c1ccc(NC(=O)NCCCCCC(=O)OC)cc1. The molecular weight excluding hydrogens is 312 g/mol. The fourth-order valence-corrected chi connectivity index (χ4v) is 1.95. The van der Waals surface area contributed by atoms with Crippen LogP contribution in [-0.4, -0.2) is 38.2 Å². The van der Waals surface area contributed by atoms with Crippen LogP contribution in [0.2, 0.25) is 0 Å². The van der Waals surface area contributed by atoms with Gasteiger partial charge in [0.15, 0.2) is 0 Å². The Balaban J connectivity index is 2.23. The van der Waals surface area contributed by atoms with Gasteiger partial charge in [-0.15, -0.1) is 0 Å². The number of methoxy groups -OCH3 is 1. The molecule has 0 aliphatic carbocycles. The number of urea groups is 1. The van der Waals surface area contributed by atoms with E-state index in [4.69, 9.17) is 4.74 Å². The van der Waals surface area contributed by atoms with Crippen molar-refractivity contribution >= 4 is 23.7 Å². The number of benzene rings is 1.